The minimum absolute atomic E-state index is 0.0498. The van der Waals surface area contributed by atoms with Crippen molar-refractivity contribution in [3.8, 4) is 5.69 Å². The number of piperidine rings is 1. The molecule has 2 unspecified atom stereocenters. The normalized spacial score (nSPS) is 22.0. The molecule has 5 rings (SSSR count). The Morgan fingerprint density at radius 2 is 2.05 bits per heavy atom. The highest BCUT2D eigenvalue weighted by molar-refractivity contribution is 8.00. The first-order valence-electron chi connectivity index (χ1n) is 12.5. The highest BCUT2D eigenvalue weighted by Crippen LogP contribution is 2.48. The summed E-state index contributed by atoms with van der Waals surface area (Å²) in [6, 6.07) is 11.9. The molecule has 2 aromatic heterocycles. The fourth-order valence-electron chi connectivity index (χ4n) is 5.38. The number of nitrogens with zero attached hydrogens (tertiary/aromatic N) is 5. The number of ketones is 1. The van der Waals surface area contributed by atoms with Crippen LogP contribution in [0.1, 0.15) is 42.0 Å². The van der Waals surface area contributed by atoms with Gasteiger partial charge in [0.15, 0.2) is 5.78 Å². The van der Waals surface area contributed by atoms with Crippen molar-refractivity contribution in [1.29, 1.82) is 0 Å². The second kappa shape index (κ2) is 10.3. The van der Waals surface area contributed by atoms with Gasteiger partial charge in [0.2, 0.25) is 0 Å². The molecule has 2 aliphatic rings. The van der Waals surface area contributed by atoms with Crippen LogP contribution in [0.25, 0.3) is 5.69 Å². The van der Waals surface area contributed by atoms with Crippen LogP contribution in [0.15, 0.2) is 66.1 Å². The van der Waals surface area contributed by atoms with Gasteiger partial charge in [0, 0.05) is 37.2 Å². The predicted molar refractivity (Wildman–Crippen MR) is 143 cm³/mol. The quantitative estimate of drug-likeness (QED) is 0.210. The van der Waals surface area contributed by atoms with Crippen molar-refractivity contribution < 1.29 is 9.18 Å². The smallest absolute Gasteiger partial charge is 0.189 e. The predicted octanol–water partition coefficient (Wildman–Crippen LogP) is 3.69. The minimum Gasteiger partial charge on any atom is -0.391 e. The molecule has 8 nitrogen and oxygen atoms in total. The molecule has 0 spiro atoms. The number of aromatic nitrogens is 3. The summed E-state index contributed by atoms with van der Waals surface area (Å²) in [5.74, 6) is 5.92. The summed E-state index contributed by atoms with van der Waals surface area (Å²) in [4.78, 5) is 18.5. The maximum atomic E-state index is 14.1. The second-order valence-corrected chi connectivity index (χ2v) is 11.3. The van der Waals surface area contributed by atoms with Gasteiger partial charge >= 0.3 is 0 Å². The molecule has 0 radical (unpaired) electrons. The summed E-state index contributed by atoms with van der Waals surface area (Å²) in [7, 11) is 0. The van der Waals surface area contributed by atoms with E-state index in [0.717, 1.165) is 29.9 Å². The zero-order valence-electron chi connectivity index (χ0n) is 21.0. The van der Waals surface area contributed by atoms with Gasteiger partial charge in [0.05, 0.1) is 22.3 Å². The number of hydrogen-bond acceptors (Lipinski definition) is 8. The van der Waals surface area contributed by atoms with Gasteiger partial charge < -0.3 is 10.7 Å². The van der Waals surface area contributed by atoms with E-state index in [-0.39, 0.29) is 23.6 Å². The highest BCUT2D eigenvalue weighted by atomic mass is 32.2. The first-order chi connectivity index (χ1) is 17.8. The largest absolute Gasteiger partial charge is 0.391 e. The van der Waals surface area contributed by atoms with Crippen molar-refractivity contribution in [1.82, 2.24) is 24.1 Å². The van der Waals surface area contributed by atoms with Crippen molar-refractivity contribution in [2.24, 2.45) is 22.9 Å². The Morgan fingerprint density at radius 1 is 1.27 bits per heavy atom. The summed E-state index contributed by atoms with van der Waals surface area (Å²) >= 11 is 1.44. The van der Waals surface area contributed by atoms with E-state index >= 15 is 0 Å². The molecule has 1 aliphatic carbocycles. The van der Waals surface area contributed by atoms with Crippen molar-refractivity contribution in [3.05, 3.63) is 88.9 Å². The van der Waals surface area contributed by atoms with Crippen molar-refractivity contribution in [2.75, 3.05) is 13.1 Å². The molecule has 1 saturated heterocycles. The lowest BCUT2D eigenvalue weighted by molar-refractivity contribution is 0.0413. The van der Waals surface area contributed by atoms with Crippen LogP contribution >= 0.6 is 11.9 Å². The van der Waals surface area contributed by atoms with Gasteiger partial charge in [-0.2, -0.15) is 5.10 Å². The Labute approximate surface area is 220 Å². The van der Waals surface area contributed by atoms with Crippen molar-refractivity contribution >= 4 is 17.7 Å². The van der Waals surface area contributed by atoms with Crippen LogP contribution < -0.4 is 11.6 Å². The zero-order valence-corrected chi connectivity index (χ0v) is 21.9. The first kappa shape index (κ1) is 25.4. The number of pyridine rings is 1. The number of hydrogen-bond donors (Lipinski definition) is 2. The van der Waals surface area contributed by atoms with E-state index in [1.54, 1.807) is 35.6 Å². The van der Waals surface area contributed by atoms with E-state index in [1.807, 2.05) is 36.9 Å². The van der Waals surface area contributed by atoms with Crippen LogP contribution in [-0.4, -0.2) is 49.0 Å². The first-order valence-corrected chi connectivity index (χ1v) is 13.2. The van der Waals surface area contributed by atoms with Crippen molar-refractivity contribution in [3.63, 3.8) is 0 Å². The standard InChI is InChI=1S/C27H32FN7OS/c1-18(2)34(30)16-25(29)37-33-12-10-20-13-24-19(15-32-35(24)22-8-6-21(28)7-9-22)14-27(20,17-33)26(36)23-5-3-4-11-31-23/h3-9,11,15-16,18,20H,10,12-14,17,29-30H2,1-2H3/b25-16+. The number of hydrazine groups is 1. The van der Waals surface area contributed by atoms with E-state index < -0.39 is 5.41 Å². The van der Waals surface area contributed by atoms with Crippen LogP contribution in [0.3, 0.4) is 0 Å². The van der Waals surface area contributed by atoms with Gasteiger partial charge in [0.1, 0.15) is 11.5 Å². The molecule has 0 amide bonds. The fraction of sp³-hybridized carbons (Fsp3) is 0.370. The van der Waals surface area contributed by atoms with Gasteiger partial charge in [-0.3, -0.25) is 9.78 Å². The van der Waals surface area contributed by atoms with Crippen LogP contribution in [0.4, 0.5) is 4.39 Å². The fourth-order valence-corrected chi connectivity index (χ4v) is 6.34. The summed E-state index contributed by atoms with van der Waals surface area (Å²) in [5.41, 5.74) is 9.06. The lowest BCUT2D eigenvalue weighted by Gasteiger charge is -2.49. The SMILES string of the molecule is CC(C)N(N)/C=C(\N)SN1CCC2Cc3c(cnn3-c3ccc(F)cc3)CC2(C(=O)c2ccccn2)C1. The number of carbonyl (C=O) groups is 1. The lowest BCUT2D eigenvalue weighted by atomic mass is 9.60. The van der Waals surface area contributed by atoms with Gasteiger partial charge in [0.25, 0.3) is 0 Å². The Hall–Kier alpha value is -3.21. The van der Waals surface area contributed by atoms with Crippen LogP contribution in [0.5, 0.6) is 0 Å². The number of halogens is 1. The minimum atomic E-state index is -0.663. The molecule has 0 bridgehead atoms. The third kappa shape index (κ3) is 5.01. The van der Waals surface area contributed by atoms with Crippen LogP contribution in [0, 0.1) is 17.2 Å². The van der Waals surface area contributed by atoms with E-state index in [2.05, 4.69) is 14.4 Å². The maximum absolute atomic E-state index is 14.1. The average molecular weight is 522 g/mol. The molecule has 194 valence electrons. The van der Waals surface area contributed by atoms with Gasteiger partial charge in [-0.1, -0.05) is 6.07 Å². The summed E-state index contributed by atoms with van der Waals surface area (Å²) in [5, 5.41) is 6.80. The van der Waals surface area contributed by atoms with Gasteiger partial charge in [-0.15, -0.1) is 0 Å². The number of Topliss-reactive ketones (excluding diaryl/α,β-unsaturated/α-hetero) is 1. The Bertz CT molecular complexity index is 1290. The topological polar surface area (TPSA) is 106 Å². The highest BCUT2D eigenvalue weighted by Gasteiger charge is 2.53. The number of nitrogens with two attached hydrogens (primary N) is 2. The molecule has 10 heteroatoms. The molecular weight excluding hydrogens is 489 g/mol. The molecule has 3 aromatic rings. The maximum Gasteiger partial charge on any atom is 0.189 e. The monoisotopic (exact) mass is 521 g/mol. The van der Waals surface area contributed by atoms with E-state index in [4.69, 9.17) is 11.6 Å². The number of benzene rings is 1. The molecule has 0 saturated carbocycles. The molecule has 4 N–H and O–H groups in total. The Kier molecular flexibility index (Phi) is 7.06. The summed E-state index contributed by atoms with van der Waals surface area (Å²) in [6.07, 6.45) is 7.33. The van der Waals surface area contributed by atoms with E-state index in [1.165, 1.54) is 24.1 Å². The molecule has 2 atom stereocenters. The lowest BCUT2D eigenvalue weighted by Crippen LogP contribution is -2.55. The molecule has 37 heavy (non-hydrogen) atoms. The van der Waals surface area contributed by atoms with E-state index in [9.17, 15) is 9.18 Å². The van der Waals surface area contributed by atoms with E-state index in [0.29, 0.717) is 30.1 Å². The average Bonchev–Trinajstić information content (AvgIpc) is 3.29. The van der Waals surface area contributed by atoms with Crippen LogP contribution in [-0.2, 0) is 12.8 Å². The zero-order chi connectivity index (χ0) is 26.2. The van der Waals surface area contributed by atoms with Crippen LogP contribution in [0.2, 0.25) is 0 Å². The van der Waals surface area contributed by atoms with Crippen molar-refractivity contribution in [2.45, 2.75) is 39.2 Å². The number of fused-ring (bicyclic) bond motifs is 2. The molecule has 1 aromatic carbocycles. The third-order valence-electron chi connectivity index (χ3n) is 7.40. The molecule has 1 aliphatic heterocycles. The van der Waals surface area contributed by atoms with Gasteiger partial charge in [-0.25, -0.2) is 19.2 Å². The third-order valence-corrected chi connectivity index (χ3v) is 8.28. The molecular formula is C27H32FN7OS. The number of rotatable bonds is 7. The number of carbonyl (C=O) groups excluding carboxylic acids is 1. The molecule has 1 fully saturated rings. The summed E-state index contributed by atoms with van der Waals surface area (Å²) < 4.78 is 17.6. The molecule has 3 heterocycles. The Balaban J connectivity index is 1.48. The van der Waals surface area contributed by atoms with Gasteiger partial charge in [-0.05, 0) is 92.9 Å². The second-order valence-electron chi connectivity index (χ2n) is 10.1. The Morgan fingerprint density at radius 3 is 2.76 bits per heavy atom. The summed E-state index contributed by atoms with van der Waals surface area (Å²) in [6.45, 7) is 5.31.